The fourth-order valence-corrected chi connectivity index (χ4v) is 3.26. The van der Waals surface area contributed by atoms with Gasteiger partial charge in [0.2, 0.25) is 5.91 Å². The number of piperazine rings is 1. The fourth-order valence-electron chi connectivity index (χ4n) is 2.97. The maximum atomic E-state index is 12.4. The van der Waals surface area contributed by atoms with E-state index in [1.54, 1.807) is 0 Å². The van der Waals surface area contributed by atoms with Crippen LogP contribution in [0.1, 0.15) is 6.42 Å². The second kappa shape index (κ2) is 7.71. The first-order chi connectivity index (χ1) is 11.1. The third kappa shape index (κ3) is 4.29. The summed E-state index contributed by atoms with van der Waals surface area (Å²) in [5.74, 6) is 0.174. The van der Waals surface area contributed by atoms with E-state index in [0.29, 0.717) is 23.1 Å². The molecule has 2 fully saturated rings. The predicted molar refractivity (Wildman–Crippen MR) is 92.5 cm³/mol. The maximum absolute atomic E-state index is 12.4. The van der Waals surface area contributed by atoms with Crippen molar-refractivity contribution in [3.63, 3.8) is 0 Å². The lowest BCUT2D eigenvalue weighted by Crippen LogP contribution is -2.50. The zero-order chi connectivity index (χ0) is 16.2. The SMILES string of the molecule is O=C(CC1CNCCO1)N1CCN(c2ccc(Cl)c(Cl)c2)CC1. The molecule has 5 nitrogen and oxygen atoms in total. The number of carbonyl (C=O) groups is 1. The summed E-state index contributed by atoms with van der Waals surface area (Å²) in [4.78, 5) is 16.5. The van der Waals surface area contributed by atoms with Crippen LogP contribution in [-0.4, -0.2) is 62.8 Å². The minimum Gasteiger partial charge on any atom is -0.375 e. The third-order valence-electron chi connectivity index (χ3n) is 4.31. The first kappa shape index (κ1) is 16.8. The molecule has 0 spiro atoms. The molecule has 0 saturated carbocycles. The van der Waals surface area contributed by atoms with E-state index in [2.05, 4.69) is 10.2 Å². The number of carbonyl (C=O) groups excluding carboxylic acids is 1. The number of hydrogen-bond donors (Lipinski definition) is 1. The van der Waals surface area contributed by atoms with Gasteiger partial charge >= 0.3 is 0 Å². The van der Waals surface area contributed by atoms with Gasteiger partial charge in [-0.2, -0.15) is 0 Å². The second-order valence-electron chi connectivity index (χ2n) is 5.87. The van der Waals surface area contributed by atoms with E-state index in [-0.39, 0.29) is 12.0 Å². The zero-order valence-corrected chi connectivity index (χ0v) is 14.4. The zero-order valence-electron chi connectivity index (χ0n) is 12.9. The third-order valence-corrected chi connectivity index (χ3v) is 5.05. The van der Waals surface area contributed by atoms with Crippen molar-refractivity contribution in [3.8, 4) is 0 Å². The molecule has 2 heterocycles. The highest BCUT2D eigenvalue weighted by atomic mass is 35.5. The van der Waals surface area contributed by atoms with Gasteiger partial charge in [0.25, 0.3) is 0 Å². The molecule has 1 N–H and O–H groups in total. The Balaban J connectivity index is 1.51. The summed E-state index contributed by atoms with van der Waals surface area (Å²) in [6.45, 7) is 5.35. The number of ether oxygens (including phenoxy) is 1. The molecule has 2 aliphatic heterocycles. The highest BCUT2D eigenvalue weighted by molar-refractivity contribution is 6.42. The van der Waals surface area contributed by atoms with E-state index in [4.69, 9.17) is 27.9 Å². The number of nitrogens with zero attached hydrogens (tertiary/aromatic N) is 2. The number of hydrogen-bond acceptors (Lipinski definition) is 4. The first-order valence-corrected chi connectivity index (χ1v) is 8.69. The van der Waals surface area contributed by atoms with Gasteiger partial charge in [0.15, 0.2) is 0 Å². The molecule has 1 unspecified atom stereocenters. The number of halogens is 2. The number of nitrogens with one attached hydrogen (secondary N) is 1. The van der Waals surface area contributed by atoms with Crippen LogP contribution in [-0.2, 0) is 9.53 Å². The van der Waals surface area contributed by atoms with Crippen LogP contribution in [0.5, 0.6) is 0 Å². The average Bonchev–Trinajstić information content (AvgIpc) is 2.58. The molecular formula is C16H21Cl2N3O2. The summed E-state index contributed by atoms with van der Waals surface area (Å²) in [5, 5.41) is 4.37. The van der Waals surface area contributed by atoms with Gasteiger partial charge in [0.05, 0.1) is 29.2 Å². The number of rotatable bonds is 3. The van der Waals surface area contributed by atoms with Crippen LogP contribution < -0.4 is 10.2 Å². The van der Waals surface area contributed by atoms with E-state index in [9.17, 15) is 4.79 Å². The van der Waals surface area contributed by atoms with E-state index in [1.165, 1.54) is 0 Å². The molecule has 1 aromatic rings. The maximum Gasteiger partial charge on any atom is 0.225 e. The van der Waals surface area contributed by atoms with E-state index >= 15 is 0 Å². The molecule has 1 atom stereocenters. The molecule has 126 valence electrons. The topological polar surface area (TPSA) is 44.8 Å². The fraction of sp³-hybridized carbons (Fsp3) is 0.562. The van der Waals surface area contributed by atoms with Gasteiger partial charge in [-0.3, -0.25) is 4.79 Å². The smallest absolute Gasteiger partial charge is 0.225 e. The lowest BCUT2D eigenvalue weighted by Gasteiger charge is -2.37. The van der Waals surface area contributed by atoms with E-state index < -0.39 is 0 Å². The Morgan fingerprint density at radius 3 is 2.65 bits per heavy atom. The van der Waals surface area contributed by atoms with E-state index in [1.807, 2.05) is 23.1 Å². The normalized spacial score (nSPS) is 22.3. The van der Waals surface area contributed by atoms with Crippen molar-refractivity contribution in [2.24, 2.45) is 0 Å². The standard InChI is InChI=1S/C16H21Cl2N3O2/c17-14-2-1-12(9-15(14)18)20-4-6-21(7-5-20)16(22)10-13-11-19-3-8-23-13/h1-2,9,13,19H,3-8,10-11H2. The lowest BCUT2D eigenvalue weighted by atomic mass is 10.2. The van der Waals surface area contributed by atoms with Crippen LogP contribution in [0, 0.1) is 0 Å². The molecule has 23 heavy (non-hydrogen) atoms. The summed E-state index contributed by atoms with van der Waals surface area (Å²) in [6, 6.07) is 5.65. The summed E-state index contributed by atoms with van der Waals surface area (Å²) in [6.07, 6.45) is 0.462. The summed E-state index contributed by atoms with van der Waals surface area (Å²) < 4.78 is 5.61. The molecular weight excluding hydrogens is 337 g/mol. The number of amides is 1. The van der Waals surface area contributed by atoms with E-state index in [0.717, 1.165) is 45.0 Å². The van der Waals surface area contributed by atoms with Crippen molar-refractivity contribution in [2.75, 3.05) is 50.8 Å². The van der Waals surface area contributed by atoms with Gasteiger partial charge in [-0.1, -0.05) is 23.2 Å². The monoisotopic (exact) mass is 357 g/mol. The molecule has 1 amide bonds. The molecule has 0 bridgehead atoms. The number of anilines is 1. The average molecular weight is 358 g/mol. The van der Waals surface area contributed by atoms with Crippen molar-refractivity contribution in [3.05, 3.63) is 28.2 Å². The Bertz CT molecular complexity index is 556. The van der Waals surface area contributed by atoms with Crippen LogP contribution in [0.4, 0.5) is 5.69 Å². The Hall–Kier alpha value is -1.01. The van der Waals surface area contributed by atoms with Crippen LogP contribution in [0.2, 0.25) is 10.0 Å². The molecule has 2 saturated heterocycles. The van der Waals surface area contributed by atoms with Gasteiger partial charge in [-0.05, 0) is 18.2 Å². The van der Waals surface area contributed by atoms with Gasteiger partial charge in [0, 0.05) is 45.0 Å². The van der Waals surface area contributed by atoms with Crippen molar-refractivity contribution >= 4 is 34.8 Å². The predicted octanol–water partition coefficient (Wildman–Crippen LogP) is 2.02. The highest BCUT2D eigenvalue weighted by Gasteiger charge is 2.25. The van der Waals surface area contributed by atoms with Crippen molar-refractivity contribution in [1.29, 1.82) is 0 Å². The van der Waals surface area contributed by atoms with Gasteiger partial charge in [-0.25, -0.2) is 0 Å². The van der Waals surface area contributed by atoms with Crippen molar-refractivity contribution < 1.29 is 9.53 Å². The molecule has 3 rings (SSSR count). The Morgan fingerprint density at radius 1 is 1.22 bits per heavy atom. The second-order valence-corrected chi connectivity index (χ2v) is 6.68. The molecule has 2 aliphatic rings. The summed E-state index contributed by atoms with van der Waals surface area (Å²) in [5.41, 5.74) is 1.05. The molecule has 7 heteroatoms. The quantitative estimate of drug-likeness (QED) is 0.898. The van der Waals surface area contributed by atoms with Crippen molar-refractivity contribution in [2.45, 2.75) is 12.5 Å². The Kier molecular flexibility index (Phi) is 5.64. The minimum absolute atomic E-state index is 0.00403. The Morgan fingerprint density at radius 2 is 2.00 bits per heavy atom. The molecule has 1 aromatic carbocycles. The number of morpholine rings is 1. The van der Waals surface area contributed by atoms with Gasteiger partial charge in [-0.15, -0.1) is 0 Å². The van der Waals surface area contributed by atoms with Gasteiger partial charge < -0.3 is 19.9 Å². The number of benzene rings is 1. The molecule has 0 aromatic heterocycles. The van der Waals surface area contributed by atoms with Crippen LogP contribution in [0.25, 0.3) is 0 Å². The summed E-state index contributed by atoms with van der Waals surface area (Å²) >= 11 is 12.0. The minimum atomic E-state index is 0.00403. The first-order valence-electron chi connectivity index (χ1n) is 7.93. The van der Waals surface area contributed by atoms with Crippen LogP contribution >= 0.6 is 23.2 Å². The Labute approximate surface area is 146 Å². The molecule has 0 radical (unpaired) electrons. The molecule has 0 aliphatic carbocycles. The van der Waals surface area contributed by atoms with Crippen LogP contribution in [0.15, 0.2) is 18.2 Å². The van der Waals surface area contributed by atoms with Crippen LogP contribution in [0.3, 0.4) is 0 Å². The largest absolute Gasteiger partial charge is 0.375 e. The lowest BCUT2D eigenvalue weighted by molar-refractivity contribution is -0.135. The highest BCUT2D eigenvalue weighted by Crippen LogP contribution is 2.27. The van der Waals surface area contributed by atoms with Gasteiger partial charge in [0.1, 0.15) is 0 Å². The summed E-state index contributed by atoms with van der Waals surface area (Å²) in [7, 11) is 0. The van der Waals surface area contributed by atoms with Crippen molar-refractivity contribution in [1.82, 2.24) is 10.2 Å².